The Labute approximate surface area is 248 Å². The number of hydrogen-bond acceptors (Lipinski definition) is 7. The number of nitrogens with one attached hydrogen (secondary N) is 3. The molecule has 5 aromatic rings. The van der Waals surface area contributed by atoms with Crippen molar-refractivity contribution in [1.82, 2.24) is 5.43 Å². The summed E-state index contributed by atoms with van der Waals surface area (Å²) in [6.07, 6.45) is 1.24. The van der Waals surface area contributed by atoms with Gasteiger partial charge in [0.1, 0.15) is 10.6 Å². The van der Waals surface area contributed by atoms with Crippen molar-refractivity contribution in [3.05, 3.63) is 124 Å². The SMILES string of the molecule is O=C(N/N=C/c1ccccc1OC(=O)c1sc2ccccc2c1Cl)C(=O)Nc1ccccc1C(=O)Nc1ccccc1. The molecule has 11 heteroatoms. The predicted octanol–water partition coefficient (Wildman–Crippen LogP) is 6.12. The Balaban J connectivity index is 1.22. The molecule has 0 saturated carbocycles. The van der Waals surface area contributed by atoms with Crippen molar-refractivity contribution in [1.29, 1.82) is 0 Å². The largest absolute Gasteiger partial charge is 0.422 e. The van der Waals surface area contributed by atoms with Gasteiger partial charge in [-0.15, -0.1) is 11.3 Å². The van der Waals surface area contributed by atoms with E-state index in [9.17, 15) is 19.2 Å². The fourth-order valence-electron chi connectivity index (χ4n) is 3.87. The summed E-state index contributed by atoms with van der Waals surface area (Å²) in [6, 6.07) is 29.0. The van der Waals surface area contributed by atoms with Crippen LogP contribution in [0.5, 0.6) is 5.75 Å². The van der Waals surface area contributed by atoms with Gasteiger partial charge in [0.25, 0.3) is 5.91 Å². The average molecular weight is 597 g/mol. The molecule has 9 nitrogen and oxygen atoms in total. The van der Waals surface area contributed by atoms with E-state index in [2.05, 4.69) is 21.2 Å². The van der Waals surface area contributed by atoms with E-state index in [-0.39, 0.29) is 21.9 Å². The van der Waals surface area contributed by atoms with Gasteiger partial charge in [-0.2, -0.15) is 5.10 Å². The normalized spacial score (nSPS) is 10.8. The van der Waals surface area contributed by atoms with E-state index in [0.717, 1.165) is 10.1 Å². The van der Waals surface area contributed by atoms with Crippen molar-refractivity contribution in [3.8, 4) is 5.75 Å². The highest BCUT2D eigenvalue weighted by Gasteiger charge is 2.20. The van der Waals surface area contributed by atoms with Crippen LogP contribution in [0.3, 0.4) is 0 Å². The summed E-state index contributed by atoms with van der Waals surface area (Å²) in [5.74, 6) is -3.03. The van der Waals surface area contributed by atoms with Crippen molar-refractivity contribution in [3.63, 3.8) is 0 Å². The number of fused-ring (bicyclic) bond motifs is 1. The molecule has 3 N–H and O–H groups in total. The number of ether oxygens (including phenoxy) is 1. The third-order valence-corrected chi connectivity index (χ3v) is 7.52. The molecule has 1 heterocycles. The molecular formula is C31H21ClN4O5S. The highest BCUT2D eigenvalue weighted by atomic mass is 35.5. The second-order valence-corrected chi connectivity index (χ2v) is 10.1. The van der Waals surface area contributed by atoms with Crippen LogP contribution in [-0.4, -0.2) is 29.9 Å². The molecule has 5 rings (SSSR count). The topological polar surface area (TPSA) is 126 Å². The monoisotopic (exact) mass is 596 g/mol. The molecule has 3 amide bonds. The standard InChI is InChI=1S/C31H21ClN4O5S/c32-26-22-14-6-9-17-25(22)42-27(26)31(40)41-24-16-8-4-10-19(24)18-33-36-30(39)29(38)35-23-15-7-5-13-21(23)28(37)34-20-11-2-1-3-12-20/h1-18H,(H,34,37)(H,35,38)(H,36,39)/b33-18+. The van der Waals surface area contributed by atoms with Crippen LogP contribution < -0.4 is 20.8 Å². The van der Waals surface area contributed by atoms with Crippen molar-refractivity contribution >= 4 is 74.3 Å². The molecule has 0 aliphatic rings. The molecule has 0 fully saturated rings. The molecule has 208 valence electrons. The first-order chi connectivity index (χ1) is 20.4. The van der Waals surface area contributed by atoms with E-state index in [1.54, 1.807) is 60.7 Å². The maximum absolute atomic E-state index is 12.9. The minimum absolute atomic E-state index is 0.146. The summed E-state index contributed by atoms with van der Waals surface area (Å²) in [5, 5.41) is 10.1. The van der Waals surface area contributed by atoms with Gasteiger partial charge in [0.15, 0.2) is 0 Å². The molecule has 0 aliphatic heterocycles. The lowest BCUT2D eigenvalue weighted by molar-refractivity contribution is -0.136. The molecule has 42 heavy (non-hydrogen) atoms. The van der Waals surface area contributed by atoms with E-state index in [1.165, 1.54) is 29.7 Å². The number of rotatable bonds is 7. The van der Waals surface area contributed by atoms with E-state index < -0.39 is 23.7 Å². The van der Waals surface area contributed by atoms with Crippen LogP contribution in [0.4, 0.5) is 11.4 Å². The summed E-state index contributed by atoms with van der Waals surface area (Å²) >= 11 is 7.62. The summed E-state index contributed by atoms with van der Waals surface area (Å²) in [7, 11) is 0. The van der Waals surface area contributed by atoms with Crippen LogP contribution >= 0.6 is 22.9 Å². The number of amides is 3. The van der Waals surface area contributed by atoms with Crippen LogP contribution in [0.25, 0.3) is 10.1 Å². The minimum Gasteiger partial charge on any atom is -0.422 e. The second kappa shape index (κ2) is 12.9. The molecular weight excluding hydrogens is 576 g/mol. The molecule has 0 unspecified atom stereocenters. The zero-order valence-corrected chi connectivity index (χ0v) is 23.2. The van der Waals surface area contributed by atoms with Gasteiger partial charge < -0.3 is 15.4 Å². The number of esters is 1. The second-order valence-electron chi connectivity index (χ2n) is 8.69. The Morgan fingerprint density at radius 3 is 2.26 bits per heavy atom. The van der Waals surface area contributed by atoms with Crippen molar-refractivity contribution in [2.45, 2.75) is 0 Å². The van der Waals surface area contributed by atoms with E-state index in [1.807, 2.05) is 30.3 Å². The number of hydrazone groups is 1. The summed E-state index contributed by atoms with van der Waals surface area (Å²) in [6.45, 7) is 0. The van der Waals surface area contributed by atoms with Crippen LogP contribution in [0, 0.1) is 0 Å². The maximum atomic E-state index is 12.9. The molecule has 1 aromatic heterocycles. The number of benzene rings is 4. The molecule has 0 aliphatic carbocycles. The van der Waals surface area contributed by atoms with Gasteiger partial charge in [-0.05, 0) is 42.5 Å². The van der Waals surface area contributed by atoms with Gasteiger partial charge >= 0.3 is 17.8 Å². The van der Waals surface area contributed by atoms with Gasteiger partial charge in [-0.1, -0.05) is 72.3 Å². The minimum atomic E-state index is -1.07. The predicted molar refractivity (Wildman–Crippen MR) is 163 cm³/mol. The quantitative estimate of drug-likeness (QED) is 0.0686. The number of para-hydroxylation sites is 3. The number of thiophene rings is 1. The van der Waals surface area contributed by atoms with Crippen LogP contribution in [0.2, 0.25) is 5.02 Å². The number of anilines is 2. The van der Waals surface area contributed by atoms with E-state index in [0.29, 0.717) is 16.3 Å². The molecule has 0 radical (unpaired) electrons. The van der Waals surface area contributed by atoms with E-state index >= 15 is 0 Å². The molecule has 4 aromatic carbocycles. The van der Waals surface area contributed by atoms with Crippen LogP contribution in [0.1, 0.15) is 25.6 Å². The highest BCUT2D eigenvalue weighted by molar-refractivity contribution is 7.21. The number of nitrogens with zero attached hydrogens (tertiary/aromatic N) is 1. The van der Waals surface area contributed by atoms with Gasteiger partial charge in [0.05, 0.1) is 22.5 Å². The Morgan fingerprint density at radius 1 is 0.762 bits per heavy atom. The Morgan fingerprint density at radius 2 is 1.45 bits per heavy atom. The number of halogens is 1. The number of hydrogen-bond donors (Lipinski definition) is 3. The Hall–Kier alpha value is -5.32. The summed E-state index contributed by atoms with van der Waals surface area (Å²) < 4.78 is 6.42. The zero-order valence-electron chi connectivity index (χ0n) is 21.7. The first-order valence-corrected chi connectivity index (χ1v) is 13.7. The molecule has 0 bridgehead atoms. The van der Waals surface area contributed by atoms with Gasteiger partial charge in [0.2, 0.25) is 0 Å². The first-order valence-electron chi connectivity index (χ1n) is 12.5. The van der Waals surface area contributed by atoms with Crippen molar-refractivity contribution < 1.29 is 23.9 Å². The summed E-state index contributed by atoms with van der Waals surface area (Å²) in [5.41, 5.74) is 3.39. The third kappa shape index (κ3) is 6.52. The van der Waals surface area contributed by atoms with Gasteiger partial charge in [-0.3, -0.25) is 14.4 Å². The fraction of sp³-hybridized carbons (Fsp3) is 0. The fourth-order valence-corrected chi connectivity index (χ4v) is 5.26. The third-order valence-electron chi connectivity index (χ3n) is 5.87. The Bertz CT molecular complexity index is 1840. The zero-order chi connectivity index (χ0) is 29.5. The van der Waals surface area contributed by atoms with Crippen LogP contribution in [0.15, 0.2) is 108 Å². The summed E-state index contributed by atoms with van der Waals surface area (Å²) in [4.78, 5) is 50.9. The average Bonchev–Trinajstić information content (AvgIpc) is 3.35. The maximum Gasteiger partial charge on any atom is 0.355 e. The first kappa shape index (κ1) is 28.2. The smallest absolute Gasteiger partial charge is 0.355 e. The lowest BCUT2D eigenvalue weighted by Crippen LogP contribution is -2.33. The lowest BCUT2D eigenvalue weighted by Gasteiger charge is -2.11. The van der Waals surface area contributed by atoms with Gasteiger partial charge in [0, 0.05) is 21.3 Å². The molecule has 0 atom stereocenters. The van der Waals surface area contributed by atoms with Crippen molar-refractivity contribution in [2.24, 2.45) is 5.10 Å². The lowest BCUT2D eigenvalue weighted by atomic mass is 10.1. The molecule has 0 saturated heterocycles. The van der Waals surface area contributed by atoms with Gasteiger partial charge in [-0.25, -0.2) is 10.2 Å². The molecule has 0 spiro atoms. The van der Waals surface area contributed by atoms with Crippen molar-refractivity contribution in [2.75, 3.05) is 10.6 Å². The number of carbonyl (C=O) groups excluding carboxylic acids is 4. The Kier molecular flexibility index (Phi) is 8.67. The van der Waals surface area contributed by atoms with Crippen LogP contribution in [-0.2, 0) is 9.59 Å². The van der Waals surface area contributed by atoms with E-state index in [4.69, 9.17) is 16.3 Å². The highest BCUT2D eigenvalue weighted by Crippen LogP contribution is 2.36. The number of carbonyl (C=O) groups is 4.